The number of likely N-dealkylation sites (N-methyl/N-ethyl adjacent to an activating group) is 2. The Labute approximate surface area is 120 Å². The van der Waals surface area contributed by atoms with Crippen LogP contribution in [0.1, 0.15) is 71.6 Å². The average Bonchev–Trinajstić information content (AvgIpc) is 2.65. The molecule has 0 aromatic carbocycles. The summed E-state index contributed by atoms with van der Waals surface area (Å²) in [5.41, 5.74) is 0.441. The molecule has 0 radical (unpaired) electrons. The van der Waals surface area contributed by atoms with Gasteiger partial charge in [0.05, 0.1) is 0 Å². The SMILES string of the molecule is CNC1C(N(C)C2CCCCCC2)CCCC1(C)C. The highest BCUT2D eigenvalue weighted by atomic mass is 15.2. The standard InChI is InChI=1S/C17H34N2/c1-17(2)13-9-12-15(16(17)18-3)19(4)14-10-7-5-6-8-11-14/h14-16,18H,5-13H2,1-4H3. The lowest BCUT2D eigenvalue weighted by Crippen LogP contribution is -2.59. The van der Waals surface area contributed by atoms with Crippen LogP contribution in [0.4, 0.5) is 0 Å². The van der Waals surface area contributed by atoms with Crippen molar-refractivity contribution in [1.29, 1.82) is 0 Å². The Morgan fingerprint density at radius 3 is 2.16 bits per heavy atom. The zero-order valence-corrected chi connectivity index (χ0v) is 13.5. The molecule has 112 valence electrons. The number of hydrogen-bond acceptors (Lipinski definition) is 2. The fraction of sp³-hybridized carbons (Fsp3) is 1.00. The normalized spacial score (nSPS) is 33.3. The Hall–Kier alpha value is -0.0800. The molecule has 2 saturated carbocycles. The summed E-state index contributed by atoms with van der Waals surface area (Å²) in [5, 5.41) is 3.64. The fourth-order valence-electron chi connectivity index (χ4n) is 4.57. The molecule has 2 heteroatoms. The molecule has 0 heterocycles. The summed E-state index contributed by atoms with van der Waals surface area (Å²) in [7, 11) is 4.55. The molecule has 2 aliphatic rings. The third kappa shape index (κ3) is 3.52. The van der Waals surface area contributed by atoms with E-state index in [9.17, 15) is 0 Å². The van der Waals surface area contributed by atoms with Crippen molar-refractivity contribution < 1.29 is 0 Å². The summed E-state index contributed by atoms with van der Waals surface area (Å²) >= 11 is 0. The molecule has 0 aromatic heterocycles. The lowest BCUT2D eigenvalue weighted by molar-refractivity contribution is 0.0391. The van der Waals surface area contributed by atoms with Crippen molar-refractivity contribution in [2.75, 3.05) is 14.1 Å². The largest absolute Gasteiger partial charge is 0.315 e. The van der Waals surface area contributed by atoms with Crippen LogP contribution in [0.25, 0.3) is 0 Å². The van der Waals surface area contributed by atoms with Crippen molar-refractivity contribution in [1.82, 2.24) is 10.2 Å². The predicted octanol–water partition coefficient (Wildman–Crippen LogP) is 3.81. The van der Waals surface area contributed by atoms with Crippen LogP contribution < -0.4 is 5.32 Å². The fourth-order valence-corrected chi connectivity index (χ4v) is 4.57. The molecule has 0 bridgehead atoms. The van der Waals surface area contributed by atoms with Crippen molar-refractivity contribution in [3.8, 4) is 0 Å². The second-order valence-corrected chi connectivity index (χ2v) is 7.53. The van der Waals surface area contributed by atoms with Crippen molar-refractivity contribution in [2.45, 2.75) is 89.8 Å². The Morgan fingerprint density at radius 2 is 1.58 bits per heavy atom. The van der Waals surface area contributed by atoms with Crippen molar-refractivity contribution in [3.63, 3.8) is 0 Å². The van der Waals surface area contributed by atoms with Gasteiger partial charge < -0.3 is 5.32 Å². The summed E-state index contributed by atoms with van der Waals surface area (Å²) in [6.45, 7) is 4.89. The first kappa shape index (κ1) is 15.3. The molecular weight excluding hydrogens is 232 g/mol. The molecule has 0 saturated heterocycles. The van der Waals surface area contributed by atoms with Gasteiger partial charge in [0.2, 0.25) is 0 Å². The molecular formula is C17H34N2. The third-order valence-corrected chi connectivity index (χ3v) is 5.78. The van der Waals surface area contributed by atoms with Gasteiger partial charge in [0.15, 0.2) is 0 Å². The van der Waals surface area contributed by atoms with Crippen molar-refractivity contribution in [2.24, 2.45) is 5.41 Å². The molecule has 0 aliphatic heterocycles. The Kier molecular flexibility index (Phi) is 5.30. The maximum absolute atomic E-state index is 3.64. The van der Waals surface area contributed by atoms with Gasteiger partial charge in [-0.3, -0.25) is 4.90 Å². The lowest BCUT2D eigenvalue weighted by atomic mass is 9.70. The van der Waals surface area contributed by atoms with Gasteiger partial charge in [0, 0.05) is 18.1 Å². The molecule has 0 spiro atoms. The average molecular weight is 266 g/mol. The Balaban J connectivity index is 2.05. The first-order valence-corrected chi connectivity index (χ1v) is 8.45. The number of rotatable bonds is 3. The maximum atomic E-state index is 3.64. The van der Waals surface area contributed by atoms with Crippen LogP contribution in [0.3, 0.4) is 0 Å². The Bertz CT molecular complexity index is 266. The van der Waals surface area contributed by atoms with Crippen LogP contribution in [-0.2, 0) is 0 Å². The van der Waals surface area contributed by atoms with Gasteiger partial charge in [0.1, 0.15) is 0 Å². The molecule has 2 fully saturated rings. The van der Waals surface area contributed by atoms with E-state index in [0.717, 1.165) is 12.1 Å². The third-order valence-electron chi connectivity index (χ3n) is 5.78. The number of hydrogen-bond donors (Lipinski definition) is 1. The first-order chi connectivity index (χ1) is 9.06. The molecule has 2 unspecified atom stereocenters. The van der Waals surface area contributed by atoms with Gasteiger partial charge in [-0.25, -0.2) is 0 Å². The van der Waals surface area contributed by atoms with Crippen LogP contribution in [0.15, 0.2) is 0 Å². The quantitative estimate of drug-likeness (QED) is 0.782. The number of nitrogens with one attached hydrogen (secondary N) is 1. The highest BCUT2D eigenvalue weighted by Gasteiger charge is 2.41. The minimum atomic E-state index is 0.441. The second kappa shape index (κ2) is 6.58. The van der Waals surface area contributed by atoms with E-state index < -0.39 is 0 Å². The summed E-state index contributed by atoms with van der Waals surface area (Å²) in [4.78, 5) is 2.74. The highest BCUT2D eigenvalue weighted by molar-refractivity contribution is 4.98. The zero-order chi connectivity index (χ0) is 13.9. The molecule has 0 amide bonds. The van der Waals surface area contributed by atoms with E-state index in [1.54, 1.807) is 0 Å². The van der Waals surface area contributed by atoms with Crippen LogP contribution in [0.5, 0.6) is 0 Å². The van der Waals surface area contributed by atoms with E-state index >= 15 is 0 Å². The van der Waals surface area contributed by atoms with E-state index in [4.69, 9.17) is 0 Å². The topological polar surface area (TPSA) is 15.3 Å². The van der Waals surface area contributed by atoms with Crippen molar-refractivity contribution in [3.05, 3.63) is 0 Å². The van der Waals surface area contributed by atoms with Gasteiger partial charge in [-0.05, 0) is 45.2 Å². The summed E-state index contributed by atoms with van der Waals surface area (Å²) in [6.07, 6.45) is 12.8. The van der Waals surface area contributed by atoms with Crippen molar-refractivity contribution >= 4 is 0 Å². The van der Waals surface area contributed by atoms with E-state index in [0.29, 0.717) is 11.5 Å². The van der Waals surface area contributed by atoms with Gasteiger partial charge in [-0.1, -0.05) is 46.0 Å². The minimum Gasteiger partial charge on any atom is -0.315 e. The molecule has 2 atom stereocenters. The summed E-state index contributed by atoms with van der Waals surface area (Å²) in [6, 6.07) is 2.21. The molecule has 19 heavy (non-hydrogen) atoms. The van der Waals surface area contributed by atoms with Crippen LogP contribution in [0.2, 0.25) is 0 Å². The highest BCUT2D eigenvalue weighted by Crippen LogP contribution is 2.38. The zero-order valence-electron chi connectivity index (χ0n) is 13.5. The summed E-state index contributed by atoms with van der Waals surface area (Å²) in [5.74, 6) is 0. The van der Waals surface area contributed by atoms with E-state index in [-0.39, 0.29) is 0 Å². The minimum absolute atomic E-state index is 0.441. The molecule has 2 rings (SSSR count). The van der Waals surface area contributed by atoms with E-state index in [2.05, 4.69) is 38.2 Å². The summed E-state index contributed by atoms with van der Waals surface area (Å²) < 4.78 is 0. The second-order valence-electron chi connectivity index (χ2n) is 7.53. The van der Waals surface area contributed by atoms with Gasteiger partial charge in [0.25, 0.3) is 0 Å². The predicted molar refractivity (Wildman–Crippen MR) is 83.5 cm³/mol. The molecule has 1 N–H and O–H groups in total. The van der Waals surface area contributed by atoms with Gasteiger partial charge in [-0.15, -0.1) is 0 Å². The molecule has 0 aromatic rings. The lowest BCUT2D eigenvalue weighted by Gasteiger charge is -2.49. The Morgan fingerprint density at radius 1 is 0.947 bits per heavy atom. The van der Waals surface area contributed by atoms with Gasteiger partial charge in [-0.2, -0.15) is 0 Å². The van der Waals surface area contributed by atoms with Crippen LogP contribution >= 0.6 is 0 Å². The first-order valence-electron chi connectivity index (χ1n) is 8.45. The monoisotopic (exact) mass is 266 g/mol. The van der Waals surface area contributed by atoms with Crippen LogP contribution in [0, 0.1) is 5.41 Å². The number of nitrogens with zero attached hydrogens (tertiary/aromatic N) is 1. The molecule has 2 nitrogen and oxygen atoms in total. The van der Waals surface area contributed by atoms with Gasteiger partial charge >= 0.3 is 0 Å². The smallest absolute Gasteiger partial charge is 0.0271 e. The maximum Gasteiger partial charge on any atom is 0.0271 e. The van der Waals surface area contributed by atoms with Crippen LogP contribution in [-0.4, -0.2) is 37.1 Å². The molecule has 2 aliphatic carbocycles. The van der Waals surface area contributed by atoms with E-state index in [1.165, 1.54) is 57.8 Å². The van der Waals surface area contributed by atoms with E-state index in [1.807, 2.05) is 0 Å².